The van der Waals surface area contributed by atoms with Crippen molar-refractivity contribution in [3.05, 3.63) is 67.9 Å². The topological polar surface area (TPSA) is 0 Å². The van der Waals surface area contributed by atoms with Crippen LogP contribution in [-0.2, 0) is 0 Å². The van der Waals surface area contributed by atoms with Crippen molar-refractivity contribution in [3.8, 4) is 0 Å². The summed E-state index contributed by atoms with van der Waals surface area (Å²) in [7, 11) is 0. The minimum atomic E-state index is -0.285. The molecule has 5 heteroatoms. The van der Waals surface area contributed by atoms with E-state index in [0.29, 0.717) is 14.5 Å². The molecule has 0 spiro atoms. The average molecular weight is 413 g/mol. The van der Waals surface area contributed by atoms with E-state index >= 15 is 0 Å². The molecule has 2 aromatic rings. The van der Waals surface area contributed by atoms with Gasteiger partial charge >= 0.3 is 0 Å². The molecule has 18 heavy (non-hydrogen) atoms. The maximum absolute atomic E-state index is 13.1. The second kappa shape index (κ2) is 5.91. The van der Waals surface area contributed by atoms with Crippen molar-refractivity contribution in [1.82, 2.24) is 0 Å². The van der Waals surface area contributed by atoms with Crippen molar-refractivity contribution in [2.45, 2.75) is 4.83 Å². The molecule has 0 heterocycles. The predicted octanol–water partition coefficient (Wildman–Crippen LogP) is 6.38. The summed E-state index contributed by atoms with van der Waals surface area (Å²) in [6, 6.07) is 9.85. The molecule has 0 aromatic heterocycles. The molecule has 0 N–H and O–H groups in total. The molecule has 94 valence electrons. The summed E-state index contributed by atoms with van der Waals surface area (Å²) in [5.74, 6) is -0.285. The van der Waals surface area contributed by atoms with Gasteiger partial charge in [0.1, 0.15) is 5.82 Å². The van der Waals surface area contributed by atoms with E-state index in [0.717, 1.165) is 11.1 Å². The Morgan fingerprint density at radius 2 is 1.67 bits per heavy atom. The Balaban J connectivity index is 2.44. The lowest BCUT2D eigenvalue weighted by Gasteiger charge is -2.14. The second-order valence-corrected chi connectivity index (χ2v) is 6.31. The fourth-order valence-corrected chi connectivity index (χ4v) is 3.92. The lowest BCUT2D eigenvalue weighted by atomic mass is 10.0. The van der Waals surface area contributed by atoms with Crippen LogP contribution in [0.15, 0.2) is 40.9 Å². The molecule has 0 fully saturated rings. The van der Waals surface area contributed by atoms with Gasteiger partial charge in [-0.05, 0) is 35.4 Å². The number of benzene rings is 2. The second-order valence-electron chi connectivity index (χ2n) is 3.69. The van der Waals surface area contributed by atoms with Crippen molar-refractivity contribution in [3.63, 3.8) is 0 Å². The fourth-order valence-electron chi connectivity index (χ4n) is 1.58. The van der Waals surface area contributed by atoms with Crippen molar-refractivity contribution in [2.75, 3.05) is 0 Å². The highest BCUT2D eigenvalue weighted by Crippen LogP contribution is 2.39. The van der Waals surface area contributed by atoms with E-state index in [-0.39, 0.29) is 10.6 Å². The Bertz CT molecular complexity index is 536. The van der Waals surface area contributed by atoms with E-state index in [2.05, 4.69) is 31.9 Å². The highest BCUT2D eigenvalue weighted by Gasteiger charge is 2.17. The Hall–Kier alpha value is -0.0900. The zero-order valence-corrected chi connectivity index (χ0v) is 13.6. The van der Waals surface area contributed by atoms with Crippen LogP contribution in [0.4, 0.5) is 4.39 Å². The summed E-state index contributed by atoms with van der Waals surface area (Å²) in [5, 5.41) is 1.15. The van der Waals surface area contributed by atoms with Crippen LogP contribution in [-0.4, -0.2) is 0 Å². The van der Waals surface area contributed by atoms with E-state index in [1.807, 2.05) is 6.07 Å². The number of rotatable bonds is 2. The smallest absolute Gasteiger partial charge is 0.124 e. The quantitative estimate of drug-likeness (QED) is 0.502. The summed E-state index contributed by atoms with van der Waals surface area (Å²) in [6.45, 7) is 0. The van der Waals surface area contributed by atoms with Crippen LogP contribution in [0.2, 0.25) is 10.0 Å². The fraction of sp³-hybridized carbons (Fsp3) is 0.0769. The van der Waals surface area contributed by atoms with Gasteiger partial charge in [0.05, 0.1) is 4.83 Å². The Morgan fingerprint density at radius 1 is 1.00 bits per heavy atom. The summed E-state index contributed by atoms with van der Waals surface area (Å²) < 4.78 is 13.7. The van der Waals surface area contributed by atoms with Crippen LogP contribution in [0.3, 0.4) is 0 Å². The summed E-state index contributed by atoms with van der Waals surface area (Å²) in [5.41, 5.74) is 1.79. The van der Waals surface area contributed by atoms with Crippen molar-refractivity contribution in [2.24, 2.45) is 0 Å². The molecule has 0 nitrogen and oxygen atoms in total. The third-order valence-corrected chi connectivity index (χ3v) is 4.71. The first-order valence-electron chi connectivity index (χ1n) is 5.03. The Labute approximate surface area is 131 Å². The van der Waals surface area contributed by atoms with Gasteiger partial charge in [0, 0.05) is 14.5 Å². The zero-order valence-electron chi connectivity index (χ0n) is 8.93. The van der Waals surface area contributed by atoms with Gasteiger partial charge in [-0.1, -0.05) is 67.2 Å². The van der Waals surface area contributed by atoms with E-state index in [9.17, 15) is 4.39 Å². The summed E-state index contributed by atoms with van der Waals surface area (Å²) in [6.07, 6.45) is 0. The van der Waals surface area contributed by atoms with Gasteiger partial charge in [0.15, 0.2) is 0 Å². The predicted molar refractivity (Wildman–Crippen MR) is 81.3 cm³/mol. The van der Waals surface area contributed by atoms with Crippen LogP contribution >= 0.6 is 55.1 Å². The third kappa shape index (κ3) is 3.08. The minimum absolute atomic E-state index is 0.128. The maximum atomic E-state index is 13.1. The first-order chi connectivity index (χ1) is 8.49. The van der Waals surface area contributed by atoms with Crippen LogP contribution in [0, 0.1) is 5.82 Å². The van der Waals surface area contributed by atoms with Crippen LogP contribution in [0.5, 0.6) is 0 Å². The lowest BCUT2D eigenvalue weighted by molar-refractivity contribution is 0.626. The zero-order chi connectivity index (χ0) is 13.3. The van der Waals surface area contributed by atoms with Gasteiger partial charge in [-0.15, -0.1) is 0 Å². The van der Waals surface area contributed by atoms with Gasteiger partial charge in [0.2, 0.25) is 0 Å². The summed E-state index contributed by atoms with van der Waals surface area (Å²) >= 11 is 18.9. The van der Waals surface area contributed by atoms with E-state index in [1.54, 1.807) is 18.2 Å². The number of alkyl halides is 1. The SMILES string of the molecule is Fc1ccc(C(Br)c2ccc(Cl)cc2Cl)c(Br)c1. The molecule has 1 atom stereocenters. The molecule has 0 aliphatic carbocycles. The molecular formula is C13H7Br2Cl2F. The molecule has 0 saturated carbocycles. The number of hydrogen-bond acceptors (Lipinski definition) is 0. The van der Waals surface area contributed by atoms with Gasteiger partial charge in [0.25, 0.3) is 0 Å². The highest BCUT2D eigenvalue weighted by atomic mass is 79.9. The van der Waals surface area contributed by atoms with Crippen molar-refractivity contribution in [1.29, 1.82) is 0 Å². The molecule has 0 amide bonds. The van der Waals surface area contributed by atoms with Gasteiger partial charge in [-0.3, -0.25) is 0 Å². The highest BCUT2D eigenvalue weighted by molar-refractivity contribution is 9.11. The van der Waals surface area contributed by atoms with E-state index in [1.165, 1.54) is 12.1 Å². The van der Waals surface area contributed by atoms with Crippen molar-refractivity contribution >= 4 is 55.1 Å². The molecule has 1 unspecified atom stereocenters. The molecule has 2 aromatic carbocycles. The van der Waals surface area contributed by atoms with Gasteiger partial charge in [-0.2, -0.15) is 0 Å². The number of halogens is 5. The van der Waals surface area contributed by atoms with Crippen LogP contribution in [0.1, 0.15) is 16.0 Å². The Morgan fingerprint density at radius 3 is 2.28 bits per heavy atom. The monoisotopic (exact) mass is 410 g/mol. The Kier molecular flexibility index (Phi) is 4.70. The molecule has 0 aliphatic heterocycles. The molecule has 0 radical (unpaired) electrons. The van der Waals surface area contributed by atoms with Crippen LogP contribution < -0.4 is 0 Å². The summed E-state index contributed by atoms with van der Waals surface area (Å²) in [4.78, 5) is -0.128. The molecule has 0 aliphatic rings. The van der Waals surface area contributed by atoms with Gasteiger partial charge in [-0.25, -0.2) is 4.39 Å². The molecule has 0 bridgehead atoms. The first kappa shape index (κ1) is 14.3. The molecule has 0 saturated heterocycles. The minimum Gasteiger partial charge on any atom is -0.207 e. The lowest BCUT2D eigenvalue weighted by Crippen LogP contribution is -1.95. The van der Waals surface area contributed by atoms with E-state index in [4.69, 9.17) is 23.2 Å². The van der Waals surface area contributed by atoms with Crippen molar-refractivity contribution < 1.29 is 4.39 Å². The van der Waals surface area contributed by atoms with Gasteiger partial charge < -0.3 is 0 Å². The van der Waals surface area contributed by atoms with E-state index < -0.39 is 0 Å². The first-order valence-corrected chi connectivity index (χ1v) is 7.49. The largest absolute Gasteiger partial charge is 0.207 e. The normalized spacial score (nSPS) is 12.5. The standard InChI is InChI=1S/C13H7Br2Cl2F/c14-11-6-8(18)2-4-9(11)13(15)10-3-1-7(16)5-12(10)17/h1-6,13H. The molecule has 2 rings (SSSR count). The van der Waals surface area contributed by atoms with Crippen LogP contribution in [0.25, 0.3) is 0 Å². The average Bonchev–Trinajstić information content (AvgIpc) is 2.28. The molecular weight excluding hydrogens is 406 g/mol. The number of hydrogen-bond donors (Lipinski definition) is 0. The maximum Gasteiger partial charge on any atom is 0.124 e. The third-order valence-electron chi connectivity index (χ3n) is 2.47.